The summed E-state index contributed by atoms with van der Waals surface area (Å²) in [5, 5.41) is 9.04. The molecule has 0 spiro atoms. The Hall–Kier alpha value is -0.980. The molecule has 0 aromatic carbocycles. The molecule has 0 unspecified atom stereocenters. The van der Waals surface area contributed by atoms with Crippen LogP contribution in [0.5, 0.6) is 0 Å². The summed E-state index contributed by atoms with van der Waals surface area (Å²) in [5.74, 6) is 0.147. The van der Waals surface area contributed by atoms with E-state index in [-0.39, 0.29) is 18.6 Å². The highest BCUT2D eigenvalue weighted by Crippen LogP contribution is 2.43. The summed E-state index contributed by atoms with van der Waals surface area (Å²) < 4.78 is 0.770. The van der Waals surface area contributed by atoms with Crippen LogP contribution in [0.3, 0.4) is 0 Å². The van der Waals surface area contributed by atoms with E-state index in [1.807, 2.05) is 30.9 Å². The van der Waals surface area contributed by atoms with Gasteiger partial charge in [0, 0.05) is 25.7 Å². The van der Waals surface area contributed by atoms with Crippen molar-refractivity contribution < 1.29 is 9.90 Å². The molecule has 2 aliphatic rings. The molecular weight excluding hydrogens is 346 g/mol. The highest BCUT2D eigenvalue weighted by atomic mass is 79.9. The summed E-state index contributed by atoms with van der Waals surface area (Å²) in [6.45, 7) is 6.67. The van der Waals surface area contributed by atoms with Gasteiger partial charge in [0.2, 0.25) is 5.91 Å². The second-order valence-corrected chi connectivity index (χ2v) is 7.41. The van der Waals surface area contributed by atoms with Crippen molar-refractivity contribution in [1.29, 1.82) is 0 Å². The van der Waals surface area contributed by atoms with Gasteiger partial charge in [-0.15, -0.1) is 0 Å². The summed E-state index contributed by atoms with van der Waals surface area (Å²) in [5.41, 5.74) is 1.25. The molecule has 1 N–H and O–H groups in total. The molecule has 120 valence electrons. The Kier molecular flexibility index (Phi) is 4.27. The van der Waals surface area contributed by atoms with E-state index >= 15 is 0 Å². The zero-order valence-corrected chi connectivity index (χ0v) is 14.6. The largest absolute Gasteiger partial charge is 0.395 e. The highest BCUT2D eigenvalue weighted by Gasteiger charge is 2.48. The summed E-state index contributed by atoms with van der Waals surface area (Å²) in [4.78, 5) is 21.7. The molecule has 3 heterocycles. The number of nitrogens with zero attached hydrogens (tertiary/aromatic N) is 3. The van der Waals surface area contributed by atoms with Crippen LogP contribution < -0.4 is 4.90 Å². The molecule has 2 aliphatic heterocycles. The molecule has 1 fully saturated rings. The number of hydrogen-bond acceptors (Lipinski definition) is 4. The molecule has 0 saturated carbocycles. The monoisotopic (exact) mass is 367 g/mol. The van der Waals surface area contributed by atoms with Crippen LogP contribution in [0.15, 0.2) is 16.7 Å². The second-order valence-electron chi connectivity index (χ2n) is 6.60. The van der Waals surface area contributed by atoms with Gasteiger partial charge in [0.1, 0.15) is 4.60 Å². The number of carbonyl (C=O) groups excluding carboxylic acids is 1. The molecule has 0 atom stereocenters. The van der Waals surface area contributed by atoms with Crippen molar-refractivity contribution in [2.75, 3.05) is 31.1 Å². The predicted molar refractivity (Wildman–Crippen MR) is 89.0 cm³/mol. The average molecular weight is 368 g/mol. The van der Waals surface area contributed by atoms with Gasteiger partial charge in [-0.05, 0) is 54.8 Å². The van der Waals surface area contributed by atoms with Crippen LogP contribution in [-0.4, -0.2) is 53.2 Å². The first-order valence-electron chi connectivity index (χ1n) is 7.79. The number of aliphatic hydroxyl groups excluding tert-OH is 1. The van der Waals surface area contributed by atoms with Crippen LogP contribution in [0, 0.1) is 0 Å². The minimum Gasteiger partial charge on any atom is -0.395 e. The molecular formula is C16H22BrN3O2. The lowest BCUT2D eigenvalue weighted by Gasteiger charge is -2.37. The third-order valence-electron chi connectivity index (χ3n) is 4.78. The van der Waals surface area contributed by atoms with Crippen LogP contribution in [0.25, 0.3) is 0 Å². The SMILES string of the molecule is CC1(C)C(=O)N(C2CCN(CCO)CC2)c2ccc(Br)nc21. The maximum absolute atomic E-state index is 12.9. The predicted octanol–water partition coefficient (Wildman–Crippen LogP) is 1.92. The first kappa shape index (κ1) is 15.9. The first-order valence-corrected chi connectivity index (χ1v) is 8.58. The third-order valence-corrected chi connectivity index (χ3v) is 5.23. The Balaban J connectivity index is 1.85. The molecule has 1 aromatic heterocycles. The molecule has 1 saturated heterocycles. The number of aliphatic hydroxyl groups is 1. The summed E-state index contributed by atoms with van der Waals surface area (Å²) >= 11 is 3.41. The Morgan fingerprint density at radius 1 is 1.36 bits per heavy atom. The number of hydrogen-bond donors (Lipinski definition) is 1. The van der Waals surface area contributed by atoms with E-state index in [4.69, 9.17) is 5.11 Å². The summed E-state index contributed by atoms with van der Waals surface area (Å²) in [6, 6.07) is 4.13. The number of anilines is 1. The quantitative estimate of drug-likeness (QED) is 0.829. The lowest BCUT2D eigenvalue weighted by molar-refractivity contribution is -0.122. The normalized spacial score (nSPS) is 22.2. The van der Waals surface area contributed by atoms with Gasteiger partial charge in [-0.25, -0.2) is 4.98 Å². The molecule has 1 amide bonds. The van der Waals surface area contributed by atoms with E-state index in [0.717, 1.165) is 48.5 Å². The van der Waals surface area contributed by atoms with Gasteiger partial charge in [0.05, 0.1) is 23.4 Å². The standard InChI is InChI=1S/C16H22BrN3O2/c1-16(2)14-12(3-4-13(17)18-14)20(15(16)22)11-5-7-19(8-6-11)9-10-21/h3-4,11,21H,5-10H2,1-2H3. The fourth-order valence-corrected chi connectivity index (χ4v) is 3.81. The molecule has 0 aliphatic carbocycles. The second kappa shape index (κ2) is 5.91. The number of carbonyl (C=O) groups is 1. The Morgan fingerprint density at radius 2 is 2.05 bits per heavy atom. The maximum Gasteiger partial charge on any atom is 0.239 e. The van der Waals surface area contributed by atoms with Gasteiger partial charge in [0.25, 0.3) is 0 Å². The van der Waals surface area contributed by atoms with Crippen molar-refractivity contribution in [1.82, 2.24) is 9.88 Å². The van der Waals surface area contributed by atoms with Crippen LogP contribution in [-0.2, 0) is 10.2 Å². The molecule has 6 heteroatoms. The Labute approximate surface area is 139 Å². The van der Waals surface area contributed by atoms with E-state index in [9.17, 15) is 4.79 Å². The number of likely N-dealkylation sites (tertiary alicyclic amines) is 1. The van der Waals surface area contributed by atoms with Crippen molar-refractivity contribution in [3.05, 3.63) is 22.4 Å². The van der Waals surface area contributed by atoms with Crippen molar-refractivity contribution in [3.8, 4) is 0 Å². The molecule has 3 rings (SSSR count). The molecule has 5 nitrogen and oxygen atoms in total. The smallest absolute Gasteiger partial charge is 0.239 e. The summed E-state index contributed by atoms with van der Waals surface area (Å²) in [7, 11) is 0. The van der Waals surface area contributed by atoms with Crippen LogP contribution in [0.1, 0.15) is 32.4 Å². The number of β-amino-alcohol motifs (C(OH)–C–C–N with tert-alkyl or cyclic N) is 1. The molecule has 0 bridgehead atoms. The Bertz CT molecular complexity index is 583. The minimum atomic E-state index is -0.568. The van der Waals surface area contributed by atoms with Crippen molar-refractivity contribution >= 4 is 27.5 Å². The van der Waals surface area contributed by atoms with Gasteiger partial charge in [0.15, 0.2) is 0 Å². The van der Waals surface area contributed by atoms with E-state index in [2.05, 4.69) is 25.8 Å². The fourth-order valence-electron chi connectivity index (χ4n) is 3.50. The van der Waals surface area contributed by atoms with E-state index < -0.39 is 5.41 Å². The zero-order valence-electron chi connectivity index (χ0n) is 13.0. The van der Waals surface area contributed by atoms with Crippen LogP contribution in [0.4, 0.5) is 5.69 Å². The number of amides is 1. The topological polar surface area (TPSA) is 56.7 Å². The minimum absolute atomic E-state index is 0.147. The number of pyridine rings is 1. The van der Waals surface area contributed by atoms with E-state index in [0.29, 0.717) is 0 Å². The highest BCUT2D eigenvalue weighted by molar-refractivity contribution is 9.10. The number of piperidine rings is 1. The van der Waals surface area contributed by atoms with E-state index in [1.165, 1.54) is 0 Å². The van der Waals surface area contributed by atoms with Crippen molar-refractivity contribution in [3.63, 3.8) is 0 Å². The number of aromatic nitrogens is 1. The molecule has 22 heavy (non-hydrogen) atoms. The van der Waals surface area contributed by atoms with Crippen molar-refractivity contribution in [2.45, 2.75) is 38.1 Å². The fraction of sp³-hybridized carbons (Fsp3) is 0.625. The van der Waals surface area contributed by atoms with Gasteiger partial charge in [-0.3, -0.25) is 4.79 Å². The Morgan fingerprint density at radius 3 is 2.68 bits per heavy atom. The number of halogens is 1. The molecule has 1 aromatic rings. The van der Waals surface area contributed by atoms with Crippen LogP contribution in [0.2, 0.25) is 0 Å². The van der Waals surface area contributed by atoms with Crippen LogP contribution >= 0.6 is 15.9 Å². The zero-order chi connectivity index (χ0) is 15.9. The summed E-state index contributed by atoms with van der Waals surface area (Å²) in [6.07, 6.45) is 1.88. The first-order chi connectivity index (χ1) is 10.4. The number of rotatable bonds is 3. The van der Waals surface area contributed by atoms with Crippen molar-refractivity contribution in [2.24, 2.45) is 0 Å². The average Bonchev–Trinajstić information content (AvgIpc) is 2.69. The van der Waals surface area contributed by atoms with Gasteiger partial charge in [-0.1, -0.05) is 0 Å². The van der Waals surface area contributed by atoms with Gasteiger partial charge >= 0.3 is 0 Å². The van der Waals surface area contributed by atoms with Gasteiger partial charge < -0.3 is 14.9 Å². The maximum atomic E-state index is 12.9. The lowest BCUT2D eigenvalue weighted by atomic mass is 9.90. The third kappa shape index (κ3) is 2.57. The number of fused-ring (bicyclic) bond motifs is 1. The van der Waals surface area contributed by atoms with Gasteiger partial charge in [-0.2, -0.15) is 0 Å². The lowest BCUT2D eigenvalue weighted by Crippen LogP contribution is -2.49. The molecule has 0 radical (unpaired) electrons. The van der Waals surface area contributed by atoms with E-state index in [1.54, 1.807) is 0 Å².